The van der Waals surface area contributed by atoms with Crippen molar-refractivity contribution >= 4 is 40.4 Å². The van der Waals surface area contributed by atoms with Crippen LogP contribution in [0, 0.1) is 17.2 Å². The number of carbonyl (C=O) groups is 2. The zero-order valence-electron chi connectivity index (χ0n) is 33.3. The summed E-state index contributed by atoms with van der Waals surface area (Å²) >= 11 is 0. The number of carbonyl (C=O) groups excluding carboxylic acids is 2. The van der Waals surface area contributed by atoms with E-state index in [2.05, 4.69) is 46.9 Å². The van der Waals surface area contributed by atoms with Gasteiger partial charge in [-0.3, -0.25) is 14.2 Å². The van der Waals surface area contributed by atoms with Crippen molar-refractivity contribution in [3.05, 3.63) is 59.9 Å². The van der Waals surface area contributed by atoms with Gasteiger partial charge in [0.15, 0.2) is 23.2 Å². The van der Waals surface area contributed by atoms with Crippen molar-refractivity contribution in [1.29, 1.82) is 5.26 Å². The summed E-state index contributed by atoms with van der Waals surface area (Å²) in [5.41, 5.74) is 2.23. The van der Waals surface area contributed by atoms with E-state index >= 15 is 0 Å². The van der Waals surface area contributed by atoms with E-state index in [1.807, 2.05) is 17.0 Å². The number of benzene rings is 1. The Balaban J connectivity index is 0.849. The summed E-state index contributed by atoms with van der Waals surface area (Å²) in [5.74, 6) is -0.706. The predicted molar refractivity (Wildman–Crippen MR) is 214 cm³/mol. The normalized spacial score (nSPS) is 22.1. The Bertz CT molecular complexity index is 2180. The number of halogens is 3. The molecule has 21 heteroatoms. The highest BCUT2D eigenvalue weighted by Crippen LogP contribution is 2.35. The number of imidazole rings is 1. The first-order valence-electron chi connectivity index (χ1n) is 20.5. The number of ether oxygens (including phenoxy) is 1. The zero-order chi connectivity index (χ0) is 43.1. The van der Waals surface area contributed by atoms with Crippen LogP contribution in [0.1, 0.15) is 68.1 Å². The topological polar surface area (TPSA) is 240 Å². The van der Waals surface area contributed by atoms with E-state index in [1.165, 1.54) is 17.2 Å². The number of amides is 2. The maximum Gasteiger partial charge on any atom is 0.451 e. The third-order valence-electron chi connectivity index (χ3n) is 11.4. The van der Waals surface area contributed by atoms with Gasteiger partial charge in [-0.05, 0) is 68.6 Å². The molecule has 0 aliphatic carbocycles. The van der Waals surface area contributed by atoms with Crippen molar-refractivity contribution in [2.45, 2.75) is 88.1 Å². The van der Waals surface area contributed by atoms with Crippen molar-refractivity contribution in [1.82, 2.24) is 40.1 Å². The second kappa shape index (κ2) is 19.4. The number of alkyl halides is 3. The zero-order valence-corrected chi connectivity index (χ0v) is 33.3. The molecular formula is C40H49F3N12O6. The van der Waals surface area contributed by atoms with E-state index in [0.29, 0.717) is 99.8 Å². The fraction of sp³-hybridized carbons (Fsp3) is 0.550. The number of aliphatic hydroxyl groups excluding tert-OH is 3. The average Bonchev–Trinajstić information content (AvgIpc) is 4.00. The van der Waals surface area contributed by atoms with Gasteiger partial charge in [0.1, 0.15) is 42.3 Å². The van der Waals surface area contributed by atoms with Crippen LogP contribution in [0.15, 0.2) is 43.0 Å². The van der Waals surface area contributed by atoms with Crippen molar-refractivity contribution in [3.63, 3.8) is 0 Å². The molecule has 3 saturated heterocycles. The Kier molecular flexibility index (Phi) is 13.8. The molecule has 2 amide bonds. The van der Waals surface area contributed by atoms with E-state index in [0.717, 1.165) is 24.8 Å². The molecule has 0 bridgehead atoms. The molecular weight excluding hydrogens is 802 g/mol. The lowest BCUT2D eigenvalue weighted by molar-refractivity contribution is -0.144. The molecule has 2 unspecified atom stereocenters. The number of hydrogen-bond acceptors (Lipinski definition) is 15. The van der Waals surface area contributed by atoms with Gasteiger partial charge >= 0.3 is 6.18 Å². The largest absolute Gasteiger partial charge is 0.451 e. The lowest BCUT2D eigenvalue weighted by atomic mass is 9.91. The second-order valence-corrected chi connectivity index (χ2v) is 15.5. The fourth-order valence-electron chi connectivity index (χ4n) is 8.12. The van der Waals surface area contributed by atoms with Crippen LogP contribution in [0.5, 0.6) is 0 Å². The number of rotatable bonds is 16. The van der Waals surface area contributed by atoms with Crippen LogP contribution in [0.3, 0.4) is 0 Å². The van der Waals surface area contributed by atoms with E-state index in [-0.39, 0.29) is 23.5 Å². The van der Waals surface area contributed by atoms with Crippen molar-refractivity contribution < 1.29 is 42.8 Å². The number of fused-ring (bicyclic) bond motifs is 1. The van der Waals surface area contributed by atoms with Crippen LogP contribution in [0.4, 0.5) is 30.6 Å². The molecule has 5 atom stereocenters. The van der Waals surface area contributed by atoms with Crippen LogP contribution in [0.2, 0.25) is 0 Å². The summed E-state index contributed by atoms with van der Waals surface area (Å²) in [4.78, 5) is 50.0. The molecule has 326 valence electrons. The Hall–Kier alpha value is -5.69. The van der Waals surface area contributed by atoms with Gasteiger partial charge in [-0.1, -0.05) is 12.1 Å². The lowest BCUT2D eigenvalue weighted by Crippen LogP contribution is -2.44. The average molecular weight is 851 g/mol. The standard InChI is InChI=1S/C40H49F3N12O6/c41-40(42,43)39-51-29(19-30(52-39)54-16-2-4-27(54)37(60)47-13-10-25-6-8-26(20-44)9-7-25)53-17-11-24(12-18-53)3-1-5-31(57)45-14-15-46-35-32-36(49-22-48-35)55(23-50-32)38-34(59)33(58)28(21-56)61-38/h6-9,19,22-24,27-28,33-34,38,56,58-59H,1-5,10-18,21H2,(H,45,57)(H,47,60)(H,46,48,49)/t27-,28+,33?,34?,38+/m0/s1. The highest BCUT2D eigenvalue weighted by molar-refractivity contribution is 5.86. The molecule has 3 fully saturated rings. The lowest BCUT2D eigenvalue weighted by Gasteiger charge is -2.34. The third kappa shape index (κ3) is 10.3. The maximum atomic E-state index is 14.1. The maximum absolute atomic E-state index is 14.1. The summed E-state index contributed by atoms with van der Waals surface area (Å²) in [7, 11) is 0. The molecule has 3 aliphatic rings. The Labute approximate surface area is 349 Å². The molecule has 18 nitrogen and oxygen atoms in total. The highest BCUT2D eigenvalue weighted by atomic mass is 19.4. The molecule has 4 aromatic rings. The van der Waals surface area contributed by atoms with Gasteiger partial charge in [0.05, 0.1) is 24.6 Å². The highest BCUT2D eigenvalue weighted by Gasteiger charge is 2.44. The van der Waals surface area contributed by atoms with Crippen molar-refractivity contribution in [2.24, 2.45) is 5.92 Å². The summed E-state index contributed by atoms with van der Waals surface area (Å²) in [6.45, 7) is 1.88. The van der Waals surface area contributed by atoms with Gasteiger partial charge in [0.2, 0.25) is 17.6 Å². The van der Waals surface area contributed by atoms with Gasteiger partial charge in [-0.25, -0.2) is 24.9 Å². The first-order chi connectivity index (χ1) is 29.4. The van der Waals surface area contributed by atoms with E-state index in [1.54, 1.807) is 23.1 Å². The summed E-state index contributed by atoms with van der Waals surface area (Å²) < 4.78 is 49.3. The minimum Gasteiger partial charge on any atom is -0.394 e. The number of aliphatic hydroxyl groups is 3. The molecule has 3 aromatic heterocycles. The van der Waals surface area contributed by atoms with Crippen LogP contribution in [-0.4, -0.2) is 127 Å². The molecule has 0 radical (unpaired) electrons. The molecule has 3 aliphatic heterocycles. The van der Waals surface area contributed by atoms with Gasteiger partial charge in [-0.2, -0.15) is 18.4 Å². The van der Waals surface area contributed by atoms with E-state index in [9.17, 15) is 38.1 Å². The summed E-state index contributed by atoms with van der Waals surface area (Å²) in [6.07, 6.45) is -1.74. The first-order valence-corrected chi connectivity index (χ1v) is 20.5. The van der Waals surface area contributed by atoms with Crippen LogP contribution >= 0.6 is 0 Å². The summed E-state index contributed by atoms with van der Waals surface area (Å²) in [6, 6.07) is 10.0. The number of hydrogen-bond donors (Lipinski definition) is 6. The van der Waals surface area contributed by atoms with Gasteiger partial charge in [0.25, 0.3) is 0 Å². The van der Waals surface area contributed by atoms with Crippen molar-refractivity contribution in [3.8, 4) is 6.07 Å². The SMILES string of the molecule is N#Cc1ccc(CCNC(=O)[C@@H]2CCCN2c2cc(N3CCC(CCCC(=O)NCCNc4ncnc5c4ncn5[C@@H]4O[C@H](CO)C(O)C4O)CC3)nc(C(F)(F)F)n2)cc1. The molecule has 1 aromatic carbocycles. The number of anilines is 3. The number of piperidine rings is 1. The molecule has 0 saturated carbocycles. The first kappa shape index (κ1) is 43.4. The van der Waals surface area contributed by atoms with Gasteiger partial charge in [0, 0.05) is 51.8 Å². The van der Waals surface area contributed by atoms with Gasteiger partial charge in [-0.15, -0.1) is 0 Å². The molecule has 7 rings (SSSR count). The van der Waals surface area contributed by atoms with Crippen molar-refractivity contribution in [2.75, 3.05) is 61.0 Å². The van der Waals surface area contributed by atoms with Crippen LogP contribution in [-0.2, 0) is 26.9 Å². The molecule has 6 N–H and O–H groups in total. The van der Waals surface area contributed by atoms with Crippen LogP contribution < -0.4 is 25.8 Å². The minimum atomic E-state index is -4.78. The Morgan fingerprint density at radius 3 is 2.44 bits per heavy atom. The monoisotopic (exact) mass is 850 g/mol. The smallest absolute Gasteiger partial charge is 0.394 e. The second-order valence-electron chi connectivity index (χ2n) is 15.5. The predicted octanol–water partition coefficient (Wildman–Crippen LogP) is 2.06. The third-order valence-corrected chi connectivity index (χ3v) is 11.4. The number of aromatic nitrogens is 6. The number of nitrogens with zero attached hydrogens (tertiary/aromatic N) is 9. The fourth-order valence-corrected chi connectivity index (χ4v) is 8.12. The van der Waals surface area contributed by atoms with E-state index < -0.39 is 49.2 Å². The van der Waals surface area contributed by atoms with E-state index in [4.69, 9.17) is 10.00 Å². The van der Waals surface area contributed by atoms with Gasteiger partial charge < -0.3 is 45.8 Å². The molecule has 0 spiro atoms. The Morgan fingerprint density at radius 2 is 1.72 bits per heavy atom. The number of nitrogens with one attached hydrogen (secondary N) is 3. The minimum absolute atomic E-state index is 0.0702. The summed E-state index contributed by atoms with van der Waals surface area (Å²) in [5, 5.41) is 47.9. The Morgan fingerprint density at radius 1 is 0.951 bits per heavy atom. The quantitative estimate of drug-likeness (QED) is 0.0885. The molecule has 61 heavy (non-hydrogen) atoms. The van der Waals surface area contributed by atoms with Crippen LogP contribution in [0.25, 0.3) is 11.2 Å². The molecule has 6 heterocycles. The number of nitriles is 1.